The Hall–Kier alpha value is -1.67. The van der Waals surface area contributed by atoms with Gasteiger partial charge in [-0.1, -0.05) is 29.8 Å². The highest BCUT2D eigenvalue weighted by Gasteiger charge is 2.11. The summed E-state index contributed by atoms with van der Waals surface area (Å²) in [5, 5.41) is 5.84. The highest BCUT2D eigenvalue weighted by atomic mass is 35.5. The molecule has 118 valence electrons. The lowest BCUT2D eigenvalue weighted by atomic mass is 10.2. The van der Waals surface area contributed by atoms with Crippen LogP contribution in [0, 0.1) is 0 Å². The van der Waals surface area contributed by atoms with Crippen LogP contribution >= 0.6 is 34.3 Å². The minimum Gasteiger partial charge on any atom is -0.255 e. The number of aromatic nitrogens is 1. The van der Waals surface area contributed by atoms with Gasteiger partial charge >= 0.3 is 0 Å². The van der Waals surface area contributed by atoms with Gasteiger partial charge in [0.25, 0.3) is 10.0 Å². The molecule has 4 nitrogen and oxygen atoms in total. The van der Waals surface area contributed by atoms with E-state index in [1.54, 1.807) is 35.6 Å². The predicted octanol–water partition coefficient (Wildman–Crippen LogP) is 4.94. The average Bonchev–Trinajstić information content (AvgIpc) is 3.17. The molecule has 0 atom stereocenters. The largest absolute Gasteiger partial charge is 0.256 e. The Morgan fingerprint density at radius 1 is 1.13 bits per heavy atom. The van der Waals surface area contributed by atoms with Crippen molar-refractivity contribution >= 4 is 55.5 Å². The average molecular weight is 383 g/mol. The third-order valence-electron chi connectivity index (χ3n) is 2.82. The molecule has 0 radical (unpaired) electrons. The molecule has 0 bridgehead atoms. The van der Waals surface area contributed by atoms with Crippen molar-refractivity contribution in [3.8, 4) is 10.6 Å². The zero-order valence-electron chi connectivity index (χ0n) is 11.6. The van der Waals surface area contributed by atoms with Crippen LogP contribution in [0.1, 0.15) is 5.56 Å². The second kappa shape index (κ2) is 6.84. The molecule has 0 saturated carbocycles. The van der Waals surface area contributed by atoms with Crippen molar-refractivity contribution in [1.82, 2.24) is 4.98 Å². The van der Waals surface area contributed by atoms with Gasteiger partial charge in [-0.25, -0.2) is 13.4 Å². The molecule has 23 heavy (non-hydrogen) atoms. The first-order valence-corrected chi connectivity index (χ1v) is 10.2. The maximum absolute atomic E-state index is 12.1. The van der Waals surface area contributed by atoms with Gasteiger partial charge in [0.1, 0.15) is 0 Å². The van der Waals surface area contributed by atoms with Gasteiger partial charge in [-0.05, 0) is 35.2 Å². The molecule has 0 saturated heterocycles. The van der Waals surface area contributed by atoms with E-state index in [1.807, 2.05) is 22.9 Å². The molecule has 1 aromatic carbocycles. The lowest BCUT2D eigenvalue weighted by Gasteiger charge is -1.99. The molecule has 0 fully saturated rings. The Balaban J connectivity index is 1.72. The van der Waals surface area contributed by atoms with Crippen LogP contribution in [0.15, 0.2) is 52.6 Å². The molecule has 0 unspecified atom stereocenters. The van der Waals surface area contributed by atoms with Crippen LogP contribution in [0.4, 0.5) is 5.13 Å². The second-order valence-corrected chi connectivity index (χ2v) is 8.33. The van der Waals surface area contributed by atoms with Crippen LogP contribution in [0.3, 0.4) is 0 Å². The molecule has 8 heteroatoms. The monoisotopic (exact) mass is 382 g/mol. The smallest absolute Gasteiger partial charge is 0.255 e. The SMILES string of the molecule is O=S(=O)(/C=C/c1ccc(Cl)cc1)Nc1nc(-c2cccs2)cs1. The summed E-state index contributed by atoms with van der Waals surface area (Å²) in [6.45, 7) is 0. The van der Waals surface area contributed by atoms with Crippen LogP contribution in [0.2, 0.25) is 5.02 Å². The number of halogens is 1. The summed E-state index contributed by atoms with van der Waals surface area (Å²) in [6.07, 6.45) is 1.51. The standard InChI is InChI=1S/C15H11ClN2O2S3/c16-12-5-3-11(4-6-12)7-9-23(19,20)18-15-17-13(10-22-15)14-2-1-8-21-14/h1-10H,(H,17,18)/b9-7+. The number of sulfonamides is 1. The molecule has 0 spiro atoms. The number of nitrogens with zero attached hydrogens (tertiary/aromatic N) is 1. The van der Waals surface area contributed by atoms with E-state index in [0.29, 0.717) is 10.2 Å². The van der Waals surface area contributed by atoms with E-state index in [1.165, 1.54) is 17.4 Å². The molecule has 2 heterocycles. The minimum absolute atomic E-state index is 0.342. The van der Waals surface area contributed by atoms with Crippen molar-refractivity contribution in [2.75, 3.05) is 4.72 Å². The lowest BCUT2D eigenvalue weighted by molar-refractivity contribution is 0.609. The Bertz CT molecular complexity index is 914. The summed E-state index contributed by atoms with van der Waals surface area (Å²) in [7, 11) is -3.61. The summed E-state index contributed by atoms with van der Waals surface area (Å²) in [5.74, 6) is 0. The maximum atomic E-state index is 12.1. The molecular formula is C15H11ClN2O2S3. The summed E-state index contributed by atoms with van der Waals surface area (Å²) >= 11 is 8.60. The number of benzene rings is 1. The molecule has 2 aromatic heterocycles. The van der Waals surface area contributed by atoms with Gasteiger partial charge < -0.3 is 0 Å². The second-order valence-electron chi connectivity index (χ2n) is 4.52. The zero-order valence-corrected chi connectivity index (χ0v) is 14.8. The van der Waals surface area contributed by atoms with E-state index in [-0.39, 0.29) is 0 Å². The van der Waals surface area contributed by atoms with E-state index in [0.717, 1.165) is 21.5 Å². The van der Waals surface area contributed by atoms with Gasteiger partial charge in [-0.15, -0.1) is 22.7 Å². The zero-order chi connectivity index (χ0) is 16.3. The van der Waals surface area contributed by atoms with Crippen molar-refractivity contribution in [3.63, 3.8) is 0 Å². The van der Waals surface area contributed by atoms with Gasteiger partial charge in [0.05, 0.1) is 16.0 Å². The van der Waals surface area contributed by atoms with Gasteiger partial charge in [0, 0.05) is 10.4 Å². The third-order valence-corrected chi connectivity index (χ3v) is 5.82. The molecule has 1 N–H and O–H groups in total. The van der Waals surface area contributed by atoms with E-state index in [2.05, 4.69) is 9.71 Å². The van der Waals surface area contributed by atoms with Gasteiger partial charge in [-0.2, -0.15) is 0 Å². The highest BCUT2D eigenvalue weighted by molar-refractivity contribution is 7.95. The number of nitrogens with one attached hydrogen (secondary N) is 1. The fraction of sp³-hybridized carbons (Fsp3) is 0. The number of thiazole rings is 1. The first-order chi connectivity index (χ1) is 11.0. The first kappa shape index (κ1) is 16.2. The summed E-state index contributed by atoms with van der Waals surface area (Å²) in [6, 6.07) is 10.8. The van der Waals surface area contributed by atoms with E-state index >= 15 is 0 Å². The number of rotatable bonds is 5. The first-order valence-electron chi connectivity index (χ1n) is 6.48. The van der Waals surface area contributed by atoms with Crippen LogP contribution < -0.4 is 4.72 Å². The van der Waals surface area contributed by atoms with Crippen molar-refractivity contribution < 1.29 is 8.42 Å². The van der Waals surface area contributed by atoms with Crippen molar-refractivity contribution in [2.45, 2.75) is 0 Å². The highest BCUT2D eigenvalue weighted by Crippen LogP contribution is 2.28. The normalized spacial score (nSPS) is 11.9. The van der Waals surface area contributed by atoms with Crippen LogP contribution in [-0.2, 0) is 10.0 Å². The number of thiophene rings is 1. The third kappa shape index (κ3) is 4.42. The van der Waals surface area contributed by atoms with Gasteiger partial charge in [0.15, 0.2) is 5.13 Å². The molecule has 0 aliphatic rings. The minimum atomic E-state index is -3.61. The molecule has 0 aliphatic carbocycles. The van der Waals surface area contributed by atoms with E-state index < -0.39 is 10.0 Å². The van der Waals surface area contributed by atoms with Crippen LogP contribution in [0.25, 0.3) is 16.6 Å². The Labute approximate surface area is 147 Å². The topological polar surface area (TPSA) is 59.1 Å². The summed E-state index contributed by atoms with van der Waals surface area (Å²) in [5.41, 5.74) is 1.52. The van der Waals surface area contributed by atoms with Gasteiger partial charge in [0.2, 0.25) is 0 Å². The van der Waals surface area contributed by atoms with Crippen molar-refractivity contribution in [1.29, 1.82) is 0 Å². The molecule has 0 amide bonds. The quantitative estimate of drug-likeness (QED) is 0.680. The fourth-order valence-electron chi connectivity index (χ4n) is 1.76. The molecule has 0 aliphatic heterocycles. The van der Waals surface area contributed by atoms with Gasteiger partial charge in [-0.3, -0.25) is 4.72 Å². The van der Waals surface area contributed by atoms with Crippen LogP contribution in [0.5, 0.6) is 0 Å². The molecule has 3 rings (SSSR count). The Morgan fingerprint density at radius 2 is 1.91 bits per heavy atom. The summed E-state index contributed by atoms with van der Waals surface area (Å²) < 4.78 is 26.6. The number of hydrogen-bond donors (Lipinski definition) is 1. The van der Waals surface area contributed by atoms with E-state index in [4.69, 9.17) is 11.6 Å². The van der Waals surface area contributed by atoms with Crippen LogP contribution in [-0.4, -0.2) is 13.4 Å². The Kier molecular flexibility index (Phi) is 4.82. The fourth-order valence-corrected chi connectivity index (χ4v) is 4.43. The van der Waals surface area contributed by atoms with Crippen molar-refractivity contribution in [2.24, 2.45) is 0 Å². The predicted molar refractivity (Wildman–Crippen MR) is 98.5 cm³/mol. The maximum Gasteiger partial charge on any atom is 0.256 e. The lowest BCUT2D eigenvalue weighted by Crippen LogP contribution is -2.08. The number of anilines is 1. The molecular weight excluding hydrogens is 372 g/mol. The van der Waals surface area contributed by atoms with E-state index in [9.17, 15) is 8.42 Å². The summed E-state index contributed by atoms with van der Waals surface area (Å²) in [4.78, 5) is 5.29. The molecule has 3 aromatic rings. The number of hydrogen-bond acceptors (Lipinski definition) is 5. The van der Waals surface area contributed by atoms with Crippen molar-refractivity contribution in [3.05, 3.63) is 63.2 Å². The Morgan fingerprint density at radius 3 is 2.61 bits per heavy atom.